The van der Waals surface area contributed by atoms with Crippen LogP contribution < -0.4 is 10.6 Å². The van der Waals surface area contributed by atoms with Crippen LogP contribution in [0.5, 0.6) is 0 Å². The summed E-state index contributed by atoms with van der Waals surface area (Å²) in [5.74, 6) is 2.60. The van der Waals surface area contributed by atoms with Crippen LogP contribution in [-0.2, 0) is 6.54 Å². The molecule has 1 fully saturated rings. The SMILES string of the molecule is CN=C(NCCCn1c(C)nc2ccccc21)NCC(C)CN1CCCC1.I. The smallest absolute Gasteiger partial charge is 0.190 e. The van der Waals surface area contributed by atoms with Crippen molar-refractivity contribution in [2.45, 2.75) is 39.7 Å². The van der Waals surface area contributed by atoms with Gasteiger partial charge in [0.1, 0.15) is 5.82 Å². The Morgan fingerprint density at radius 3 is 2.71 bits per heavy atom. The fraction of sp³-hybridized carbons (Fsp3) is 0.619. The highest BCUT2D eigenvalue weighted by Crippen LogP contribution is 2.15. The number of halogens is 1. The lowest BCUT2D eigenvalue weighted by atomic mass is 10.1. The molecule has 1 aromatic carbocycles. The second-order valence-corrected chi connectivity index (χ2v) is 7.65. The number of nitrogens with zero attached hydrogens (tertiary/aromatic N) is 4. The van der Waals surface area contributed by atoms with Gasteiger partial charge in [-0.2, -0.15) is 0 Å². The van der Waals surface area contributed by atoms with Crippen LogP contribution in [0.3, 0.4) is 0 Å². The first-order valence-electron chi connectivity index (χ1n) is 10.3. The summed E-state index contributed by atoms with van der Waals surface area (Å²) in [6, 6.07) is 8.34. The molecule has 6 nitrogen and oxygen atoms in total. The van der Waals surface area contributed by atoms with Gasteiger partial charge >= 0.3 is 0 Å². The van der Waals surface area contributed by atoms with Crippen molar-refractivity contribution in [1.82, 2.24) is 25.1 Å². The summed E-state index contributed by atoms with van der Waals surface area (Å²) in [6.45, 7) is 10.9. The lowest BCUT2D eigenvalue weighted by molar-refractivity contribution is 0.287. The van der Waals surface area contributed by atoms with E-state index in [9.17, 15) is 0 Å². The van der Waals surface area contributed by atoms with Crippen LogP contribution in [0, 0.1) is 12.8 Å². The third-order valence-corrected chi connectivity index (χ3v) is 5.31. The second kappa shape index (κ2) is 11.6. The number of nitrogens with one attached hydrogen (secondary N) is 2. The first kappa shape index (κ1) is 22.9. The first-order valence-corrected chi connectivity index (χ1v) is 10.3. The number of hydrogen-bond acceptors (Lipinski definition) is 3. The summed E-state index contributed by atoms with van der Waals surface area (Å²) in [7, 11) is 1.84. The summed E-state index contributed by atoms with van der Waals surface area (Å²) in [6.07, 6.45) is 3.75. The highest BCUT2D eigenvalue weighted by Gasteiger charge is 2.14. The van der Waals surface area contributed by atoms with E-state index in [0.29, 0.717) is 5.92 Å². The Morgan fingerprint density at radius 2 is 1.96 bits per heavy atom. The molecule has 0 aliphatic carbocycles. The molecule has 1 unspecified atom stereocenters. The van der Waals surface area contributed by atoms with Crippen molar-refractivity contribution >= 4 is 41.0 Å². The Kier molecular flexibility index (Phi) is 9.50. The first-order chi connectivity index (χ1) is 13.2. The molecule has 1 atom stereocenters. The number of benzene rings is 1. The second-order valence-electron chi connectivity index (χ2n) is 7.65. The van der Waals surface area contributed by atoms with Crippen LogP contribution >= 0.6 is 24.0 Å². The molecule has 0 radical (unpaired) electrons. The van der Waals surface area contributed by atoms with Gasteiger partial charge in [0.15, 0.2) is 5.96 Å². The lowest BCUT2D eigenvalue weighted by Gasteiger charge is -2.21. The molecule has 1 aliphatic heterocycles. The topological polar surface area (TPSA) is 57.5 Å². The third-order valence-electron chi connectivity index (χ3n) is 5.31. The van der Waals surface area contributed by atoms with Gasteiger partial charge < -0.3 is 20.1 Å². The fourth-order valence-electron chi connectivity index (χ4n) is 3.88. The molecule has 28 heavy (non-hydrogen) atoms. The number of guanidine groups is 1. The Morgan fingerprint density at radius 1 is 1.21 bits per heavy atom. The highest BCUT2D eigenvalue weighted by molar-refractivity contribution is 14.0. The van der Waals surface area contributed by atoms with Crippen molar-refractivity contribution in [2.75, 3.05) is 39.8 Å². The molecule has 0 bridgehead atoms. The number of aromatic nitrogens is 2. The third kappa shape index (κ3) is 6.34. The van der Waals surface area contributed by atoms with Crippen LogP contribution in [0.25, 0.3) is 11.0 Å². The predicted octanol–water partition coefficient (Wildman–Crippen LogP) is 3.25. The summed E-state index contributed by atoms with van der Waals surface area (Å²) in [5.41, 5.74) is 2.29. The van der Waals surface area contributed by atoms with Gasteiger partial charge in [-0.15, -0.1) is 24.0 Å². The molecule has 1 saturated heterocycles. The molecule has 0 saturated carbocycles. The number of likely N-dealkylation sites (tertiary alicyclic amines) is 1. The zero-order chi connectivity index (χ0) is 19.1. The van der Waals surface area contributed by atoms with E-state index in [4.69, 9.17) is 0 Å². The number of aryl methyl sites for hydroxylation is 2. The highest BCUT2D eigenvalue weighted by atomic mass is 127. The Hall–Kier alpha value is -1.35. The van der Waals surface area contributed by atoms with E-state index in [1.54, 1.807) is 0 Å². The molecular weight excluding hydrogens is 463 g/mol. The van der Waals surface area contributed by atoms with Crippen LogP contribution in [0.2, 0.25) is 0 Å². The monoisotopic (exact) mass is 498 g/mol. The molecule has 0 amide bonds. The predicted molar refractivity (Wildman–Crippen MR) is 129 cm³/mol. The van der Waals surface area contributed by atoms with E-state index in [1.165, 1.54) is 38.0 Å². The minimum Gasteiger partial charge on any atom is -0.356 e. The van der Waals surface area contributed by atoms with Crippen molar-refractivity contribution < 1.29 is 0 Å². The van der Waals surface area contributed by atoms with Crippen molar-refractivity contribution in [3.05, 3.63) is 30.1 Å². The zero-order valence-corrected chi connectivity index (χ0v) is 19.8. The average Bonchev–Trinajstić information content (AvgIpc) is 3.28. The molecule has 3 rings (SSSR count). The van der Waals surface area contributed by atoms with Gasteiger partial charge in [0.2, 0.25) is 0 Å². The molecule has 2 heterocycles. The molecule has 156 valence electrons. The van der Waals surface area contributed by atoms with Crippen LogP contribution in [-0.4, -0.2) is 60.2 Å². The van der Waals surface area contributed by atoms with Gasteiger partial charge in [-0.1, -0.05) is 19.1 Å². The van der Waals surface area contributed by atoms with Gasteiger partial charge in [0.05, 0.1) is 11.0 Å². The van der Waals surface area contributed by atoms with Crippen molar-refractivity contribution in [1.29, 1.82) is 0 Å². The number of imidazole rings is 1. The summed E-state index contributed by atoms with van der Waals surface area (Å²) < 4.78 is 2.30. The zero-order valence-electron chi connectivity index (χ0n) is 17.4. The van der Waals surface area contributed by atoms with Crippen LogP contribution in [0.15, 0.2) is 29.3 Å². The van der Waals surface area contributed by atoms with Crippen LogP contribution in [0.1, 0.15) is 32.0 Å². The van der Waals surface area contributed by atoms with Crippen LogP contribution in [0.4, 0.5) is 0 Å². The maximum absolute atomic E-state index is 4.64. The summed E-state index contributed by atoms with van der Waals surface area (Å²) in [5, 5.41) is 6.91. The molecule has 1 aromatic heterocycles. The lowest BCUT2D eigenvalue weighted by Crippen LogP contribution is -2.41. The van der Waals surface area contributed by atoms with Gasteiger partial charge in [-0.05, 0) is 57.3 Å². The van der Waals surface area contributed by atoms with Crippen molar-refractivity contribution in [3.8, 4) is 0 Å². The average molecular weight is 498 g/mol. The standard InChI is InChI=1S/C21H34N6.HI/c1-17(16-26-12-6-7-13-26)15-24-21(22-3)23-11-8-14-27-18(2)25-19-9-4-5-10-20(19)27;/h4-5,9-10,17H,6-8,11-16H2,1-3H3,(H2,22,23,24);1H. The number of rotatable bonds is 8. The van der Waals surface area contributed by atoms with E-state index in [1.807, 2.05) is 13.1 Å². The minimum atomic E-state index is 0. The normalized spacial score (nSPS) is 16.2. The molecule has 1 aliphatic rings. The fourth-order valence-corrected chi connectivity index (χ4v) is 3.88. The van der Waals surface area contributed by atoms with E-state index >= 15 is 0 Å². The van der Waals surface area contributed by atoms with Gasteiger partial charge in [0, 0.05) is 33.2 Å². The molecule has 7 heteroatoms. The van der Waals surface area contributed by atoms with E-state index in [0.717, 1.165) is 43.4 Å². The van der Waals surface area contributed by atoms with Gasteiger partial charge in [-0.25, -0.2) is 4.98 Å². The van der Waals surface area contributed by atoms with Crippen molar-refractivity contribution in [3.63, 3.8) is 0 Å². The maximum Gasteiger partial charge on any atom is 0.190 e. The largest absolute Gasteiger partial charge is 0.356 e. The van der Waals surface area contributed by atoms with Gasteiger partial charge in [-0.3, -0.25) is 4.99 Å². The van der Waals surface area contributed by atoms with E-state index in [2.05, 4.69) is 62.1 Å². The summed E-state index contributed by atoms with van der Waals surface area (Å²) in [4.78, 5) is 11.6. The minimum absolute atomic E-state index is 0. The number of para-hydroxylation sites is 2. The number of hydrogen-bond donors (Lipinski definition) is 2. The number of fused-ring (bicyclic) bond motifs is 1. The van der Waals surface area contributed by atoms with Crippen molar-refractivity contribution in [2.24, 2.45) is 10.9 Å². The van der Waals surface area contributed by atoms with E-state index in [-0.39, 0.29) is 24.0 Å². The Bertz CT molecular complexity index is 750. The quantitative estimate of drug-likeness (QED) is 0.254. The maximum atomic E-state index is 4.64. The molecular formula is C21H35IN6. The molecule has 2 aromatic rings. The molecule has 0 spiro atoms. The molecule has 2 N–H and O–H groups in total. The van der Waals surface area contributed by atoms with E-state index < -0.39 is 0 Å². The number of aliphatic imine (C=N–C) groups is 1. The Labute approximate surface area is 186 Å². The van der Waals surface area contributed by atoms with Gasteiger partial charge in [0.25, 0.3) is 0 Å². The summed E-state index contributed by atoms with van der Waals surface area (Å²) >= 11 is 0. The Balaban J connectivity index is 0.00000280.